The van der Waals surface area contributed by atoms with E-state index in [-0.39, 0.29) is 12.2 Å². The lowest BCUT2D eigenvalue weighted by atomic mass is 10.1. The van der Waals surface area contributed by atoms with Crippen LogP contribution >= 0.6 is 0 Å². The van der Waals surface area contributed by atoms with Crippen molar-refractivity contribution in [1.29, 1.82) is 5.41 Å². The van der Waals surface area contributed by atoms with Crippen LogP contribution in [0.1, 0.15) is 24.5 Å². The molecule has 0 amide bonds. The van der Waals surface area contributed by atoms with Crippen LogP contribution in [0, 0.1) is 5.41 Å². The number of anilines is 1. The quantitative estimate of drug-likeness (QED) is 0.555. The second-order valence-corrected chi connectivity index (χ2v) is 4.30. The molecular weight excluding hydrogens is 271 g/mol. The molecule has 1 rings (SSSR count). The molecule has 0 aliphatic rings. The molecule has 0 unspecified atom stereocenters. The van der Waals surface area contributed by atoms with E-state index in [0.717, 1.165) is 12.1 Å². The normalized spacial score (nSPS) is 11.4. The van der Waals surface area contributed by atoms with Gasteiger partial charge in [-0.25, -0.2) is 0 Å². The summed E-state index contributed by atoms with van der Waals surface area (Å²) in [6, 6.07) is 3.18. The summed E-state index contributed by atoms with van der Waals surface area (Å²) in [5.41, 5.74) is 5.09. The molecule has 4 N–H and O–H groups in total. The fraction of sp³-hybridized carbons (Fsp3) is 0.462. The van der Waals surface area contributed by atoms with Crippen molar-refractivity contribution in [3.63, 3.8) is 0 Å². The van der Waals surface area contributed by atoms with E-state index in [4.69, 9.17) is 16.2 Å². The first-order valence-electron chi connectivity index (χ1n) is 6.22. The van der Waals surface area contributed by atoms with Gasteiger partial charge in [-0.2, -0.15) is 13.2 Å². The summed E-state index contributed by atoms with van der Waals surface area (Å²) in [6.45, 7) is 2.87. The van der Waals surface area contributed by atoms with Gasteiger partial charge in [0.2, 0.25) is 0 Å². The number of amidine groups is 1. The number of benzene rings is 1. The molecule has 0 spiro atoms. The third kappa shape index (κ3) is 3.86. The number of rotatable bonds is 6. The van der Waals surface area contributed by atoms with E-state index in [1.54, 1.807) is 4.90 Å². The first-order chi connectivity index (χ1) is 9.31. The summed E-state index contributed by atoms with van der Waals surface area (Å²) in [5, 5.41) is 16.3. The highest BCUT2D eigenvalue weighted by Crippen LogP contribution is 2.32. The number of hydrogen-bond acceptors (Lipinski definition) is 3. The minimum atomic E-state index is -4.47. The zero-order chi connectivity index (χ0) is 15.3. The maximum absolute atomic E-state index is 12.7. The Morgan fingerprint density at radius 1 is 1.40 bits per heavy atom. The molecule has 0 aromatic heterocycles. The monoisotopic (exact) mass is 289 g/mol. The smallest absolute Gasteiger partial charge is 0.396 e. The van der Waals surface area contributed by atoms with Gasteiger partial charge in [0, 0.05) is 30.9 Å². The summed E-state index contributed by atoms with van der Waals surface area (Å²) in [6.07, 6.45) is -3.98. The van der Waals surface area contributed by atoms with E-state index in [2.05, 4.69) is 0 Å². The molecule has 20 heavy (non-hydrogen) atoms. The number of alkyl halides is 3. The van der Waals surface area contributed by atoms with Crippen molar-refractivity contribution in [2.45, 2.75) is 19.5 Å². The summed E-state index contributed by atoms with van der Waals surface area (Å²) >= 11 is 0. The molecule has 0 saturated carbocycles. The highest BCUT2D eigenvalue weighted by atomic mass is 19.4. The van der Waals surface area contributed by atoms with Gasteiger partial charge in [0.05, 0.1) is 5.56 Å². The van der Waals surface area contributed by atoms with Crippen molar-refractivity contribution in [1.82, 2.24) is 0 Å². The Balaban J connectivity index is 3.22. The highest BCUT2D eigenvalue weighted by molar-refractivity contribution is 6.00. The van der Waals surface area contributed by atoms with Crippen LogP contribution in [0.25, 0.3) is 0 Å². The van der Waals surface area contributed by atoms with Gasteiger partial charge < -0.3 is 15.7 Å². The van der Waals surface area contributed by atoms with Crippen LogP contribution in [0.5, 0.6) is 0 Å². The Morgan fingerprint density at radius 2 is 2.05 bits per heavy atom. The van der Waals surface area contributed by atoms with Crippen molar-refractivity contribution in [3.8, 4) is 0 Å². The maximum Gasteiger partial charge on any atom is 0.416 e. The van der Waals surface area contributed by atoms with Gasteiger partial charge in [0.25, 0.3) is 0 Å². The minimum Gasteiger partial charge on any atom is -0.396 e. The van der Waals surface area contributed by atoms with Crippen LogP contribution in [0.3, 0.4) is 0 Å². The molecule has 0 saturated heterocycles. The number of nitrogen functional groups attached to an aromatic ring is 1. The van der Waals surface area contributed by atoms with Gasteiger partial charge in [-0.15, -0.1) is 0 Å². The number of hydrogen-bond donors (Lipinski definition) is 3. The number of aliphatic hydroxyl groups is 1. The number of nitrogens with zero attached hydrogens (tertiary/aromatic N) is 1. The molecule has 0 atom stereocenters. The lowest BCUT2D eigenvalue weighted by Gasteiger charge is -2.26. The predicted molar refractivity (Wildman–Crippen MR) is 72.0 cm³/mol. The minimum absolute atomic E-state index is 0.00740. The second-order valence-electron chi connectivity index (χ2n) is 4.30. The number of aliphatic hydroxyl groups excluding tert-OH is 1. The molecule has 1 aromatic carbocycles. The third-order valence-corrected chi connectivity index (χ3v) is 2.92. The molecule has 0 aliphatic heterocycles. The molecule has 0 radical (unpaired) electrons. The van der Waals surface area contributed by atoms with Crippen LogP contribution in [-0.4, -0.2) is 30.6 Å². The molecule has 4 nitrogen and oxygen atoms in total. The standard InChI is InChI=1S/C13H18F3N3O/c1-2-19(6-3-7-20)11-5-4-9(13(14,15)16)8-10(11)12(17)18/h4-5,8,20H,2-3,6-7H2,1H3,(H3,17,18). The van der Waals surface area contributed by atoms with E-state index in [1.165, 1.54) is 6.07 Å². The largest absolute Gasteiger partial charge is 0.416 e. The van der Waals surface area contributed by atoms with Gasteiger partial charge >= 0.3 is 6.18 Å². The highest BCUT2D eigenvalue weighted by Gasteiger charge is 2.31. The molecule has 1 aromatic rings. The third-order valence-electron chi connectivity index (χ3n) is 2.92. The van der Waals surface area contributed by atoms with Gasteiger partial charge in [-0.3, -0.25) is 5.41 Å². The topological polar surface area (TPSA) is 73.3 Å². The van der Waals surface area contributed by atoms with Gasteiger partial charge in [0.15, 0.2) is 0 Å². The van der Waals surface area contributed by atoms with Crippen molar-refractivity contribution >= 4 is 11.5 Å². The van der Waals surface area contributed by atoms with Crippen LogP contribution in [0.4, 0.5) is 18.9 Å². The van der Waals surface area contributed by atoms with Crippen LogP contribution in [-0.2, 0) is 6.18 Å². The Labute approximate surface area is 115 Å². The van der Waals surface area contributed by atoms with Crippen molar-refractivity contribution in [2.75, 3.05) is 24.6 Å². The molecule has 7 heteroatoms. The SMILES string of the molecule is CCN(CCCO)c1ccc(C(F)(F)F)cc1C(=N)N. The molecule has 0 heterocycles. The zero-order valence-electron chi connectivity index (χ0n) is 11.2. The molecule has 0 aliphatic carbocycles. The Bertz CT molecular complexity index is 474. The number of nitrogens with one attached hydrogen (secondary N) is 1. The van der Waals surface area contributed by atoms with Crippen LogP contribution in [0.15, 0.2) is 18.2 Å². The average Bonchev–Trinajstić information content (AvgIpc) is 2.38. The van der Waals surface area contributed by atoms with Gasteiger partial charge in [0.1, 0.15) is 5.84 Å². The first kappa shape index (κ1) is 16.3. The lowest BCUT2D eigenvalue weighted by molar-refractivity contribution is -0.137. The first-order valence-corrected chi connectivity index (χ1v) is 6.22. The maximum atomic E-state index is 12.7. The van der Waals surface area contributed by atoms with E-state index in [9.17, 15) is 13.2 Å². The van der Waals surface area contributed by atoms with Crippen LogP contribution < -0.4 is 10.6 Å². The number of halogens is 3. The zero-order valence-corrected chi connectivity index (χ0v) is 11.2. The summed E-state index contributed by atoms with van der Waals surface area (Å²) in [7, 11) is 0. The summed E-state index contributed by atoms with van der Waals surface area (Å²) < 4.78 is 38.1. The van der Waals surface area contributed by atoms with Crippen LogP contribution in [0.2, 0.25) is 0 Å². The molecule has 0 bridgehead atoms. The Morgan fingerprint density at radius 3 is 2.50 bits per heavy atom. The predicted octanol–water partition coefficient (Wildman–Crippen LogP) is 2.20. The summed E-state index contributed by atoms with van der Waals surface area (Å²) in [4.78, 5) is 1.78. The van der Waals surface area contributed by atoms with E-state index in [0.29, 0.717) is 25.2 Å². The van der Waals surface area contributed by atoms with Crippen molar-refractivity contribution < 1.29 is 18.3 Å². The van der Waals surface area contributed by atoms with E-state index < -0.39 is 17.6 Å². The lowest BCUT2D eigenvalue weighted by Crippen LogP contribution is -2.28. The van der Waals surface area contributed by atoms with Gasteiger partial charge in [-0.05, 0) is 31.5 Å². The fourth-order valence-corrected chi connectivity index (χ4v) is 1.91. The van der Waals surface area contributed by atoms with Gasteiger partial charge in [-0.1, -0.05) is 0 Å². The second kappa shape index (κ2) is 6.60. The van der Waals surface area contributed by atoms with Crippen molar-refractivity contribution in [3.05, 3.63) is 29.3 Å². The number of nitrogens with two attached hydrogens (primary N) is 1. The average molecular weight is 289 g/mol. The van der Waals surface area contributed by atoms with E-state index in [1.807, 2.05) is 6.92 Å². The fourth-order valence-electron chi connectivity index (χ4n) is 1.91. The Hall–Kier alpha value is -1.76. The Kier molecular flexibility index (Phi) is 5.38. The summed E-state index contributed by atoms with van der Waals surface area (Å²) in [5.74, 6) is -0.409. The van der Waals surface area contributed by atoms with E-state index >= 15 is 0 Å². The molecule has 112 valence electrons. The molecular formula is C13H18F3N3O. The van der Waals surface area contributed by atoms with Crippen molar-refractivity contribution in [2.24, 2.45) is 5.73 Å². The molecule has 0 fully saturated rings.